The molecule has 6 nitrogen and oxygen atoms in total. The number of tetrazole rings is 1. The quantitative estimate of drug-likeness (QED) is 0.578. The Hall–Kier alpha value is -3.20. The van der Waals surface area contributed by atoms with Gasteiger partial charge in [-0.3, -0.25) is 4.79 Å². The highest BCUT2D eigenvalue weighted by Crippen LogP contribution is 2.32. The summed E-state index contributed by atoms with van der Waals surface area (Å²) < 4.78 is 29.7. The van der Waals surface area contributed by atoms with Crippen LogP contribution in [0.2, 0.25) is 0 Å². The van der Waals surface area contributed by atoms with Crippen LogP contribution in [0.4, 0.5) is 14.5 Å². The van der Waals surface area contributed by atoms with Gasteiger partial charge in [-0.15, -0.1) is 16.4 Å². The zero-order chi connectivity index (χ0) is 19.1. The van der Waals surface area contributed by atoms with Crippen molar-refractivity contribution in [2.24, 2.45) is 0 Å². The van der Waals surface area contributed by atoms with Crippen LogP contribution in [0, 0.1) is 25.5 Å². The van der Waals surface area contributed by atoms with E-state index in [4.69, 9.17) is 0 Å². The molecule has 4 rings (SSSR count). The molecule has 4 aromatic rings. The third-order valence-electron chi connectivity index (χ3n) is 4.16. The number of rotatable bonds is 3. The van der Waals surface area contributed by atoms with Crippen molar-refractivity contribution < 1.29 is 13.6 Å². The Bertz CT molecular complexity index is 1180. The lowest BCUT2D eigenvalue weighted by atomic mass is 10.1. The smallest absolute Gasteiger partial charge is 0.266 e. The van der Waals surface area contributed by atoms with E-state index in [0.717, 1.165) is 4.70 Å². The van der Waals surface area contributed by atoms with Gasteiger partial charge in [-0.05, 0) is 71.6 Å². The zero-order valence-electron chi connectivity index (χ0n) is 14.3. The van der Waals surface area contributed by atoms with Crippen LogP contribution in [0.3, 0.4) is 0 Å². The van der Waals surface area contributed by atoms with Gasteiger partial charge in [0.05, 0.1) is 4.88 Å². The summed E-state index contributed by atoms with van der Waals surface area (Å²) in [6, 6.07) is 8.57. The van der Waals surface area contributed by atoms with Gasteiger partial charge in [0.1, 0.15) is 17.3 Å². The van der Waals surface area contributed by atoms with Crippen LogP contribution >= 0.6 is 11.3 Å². The van der Waals surface area contributed by atoms with Crippen LogP contribution in [-0.4, -0.2) is 26.1 Å². The third kappa shape index (κ3) is 3.06. The molecule has 0 atom stereocenters. The number of aromatic nitrogens is 4. The number of benzene rings is 2. The second-order valence-corrected chi connectivity index (χ2v) is 7.01. The Morgan fingerprint density at radius 2 is 1.96 bits per heavy atom. The fourth-order valence-corrected chi connectivity index (χ4v) is 3.89. The second kappa shape index (κ2) is 6.51. The third-order valence-corrected chi connectivity index (χ3v) is 5.43. The van der Waals surface area contributed by atoms with Gasteiger partial charge < -0.3 is 5.32 Å². The van der Waals surface area contributed by atoms with E-state index < -0.39 is 5.82 Å². The van der Waals surface area contributed by atoms with E-state index in [2.05, 4.69) is 20.8 Å². The molecule has 0 saturated heterocycles. The monoisotopic (exact) mass is 385 g/mol. The standard InChI is InChI=1S/C18H13F2N5OS/c1-9-13-7-11(19)3-6-16(13)27-17(9)18(26)21-12-4-5-14(20)15(8-12)25-10(2)22-23-24-25/h3-8H,1-2H3,(H,21,26). The molecule has 9 heteroatoms. The van der Waals surface area contributed by atoms with Gasteiger partial charge in [0.15, 0.2) is 5.82 Å². The van der Waals surface area contributed by atoms with E-state index in [0.29, 0.717) is 27.3 Å². The van der Waals surface area contributed by atoms with Crippen LogP contribution in [-0.2, 0) is 0 Å². The molecule has 0 aliphatic carbocycles. The van der Waals surface area contributed by atoms with Gasteiger partial charge >= 0.3 is 0 Å². The minimum Gasteiger partial charge on any atom is -0.321 e. The van der Waals surface area contributed by atoms with Crippen molar-refractivity contribution in [2.45, 2.75) is 13.8 Å². The molecule has 0 spiro atoms. The Balaban J connectivity index is 1.68. The average molecular weight is 385 g/mol. The highest BCUT2D eigenvalue weighted by atomic mass is 32.1. The van der Waals surface area contributed by atoms with E-state index >= 15 is 0 Å². The second-order valence-electron chi connectivity index (χ2n) is 5.95. The van der Waals surface area contributed by atoms with Crippen LogP contribution in [0.15, 0.2) is 36.4 Å². The van der Waals surface area contributed by atoms with E-state index in [9.17, 15) is 13.6 Å². The number of nitrogens with one attached hydrogen (secondary N) is 1. The summed E-state index contributed by atoms with van der Waals surface area (Å²) in [6.45, 7) is 3.41. The normalized spacial score (nSPS) is 11.1. The number of nitrogens with zero attached hydrogens (tertiary/aromatic N) is 4. The van der Waals surface area contributed by atoms with Crippen molar-refractivity contribution in [3.05, 3.63) is 64.3 Å². The highest BCUT2D eigenvalue weighted by molar-refractivity contribution is 7.21. The van der Waals surface area contributed by atoms with E-state index in [1.807, 2.05) is 0 Å². The van der Waals surface area contributed by atoms with Crippen molar-refractivity contribution in [2.75, 3.05) is 5.32 Å². The van der Waals surface area contributed by atoms with Crippen LogP contribution < -0.4 is 5.32 Å². The summed E-state index contributed by atoms with van der Waals surface area (Å²) in [7, 11) is 0. The zero-order valence-corrected chi connectivity index (χ0v) is 15.1. The molecule has 2 aromatic heterocycles. The molecule has 0 unspecified atom stereocenters. The lowest BCUT2D eigenvalue weighted by Gasteiger charge is -2.08. The lowest BCUT2D eigenvalue weighted by molar-refractivity contribution is 0.103. The highest BCUT2D eigenvalue weighted by Gasteiger charge is 2.17. The number of anilines is 1. The summed E-state index contributed by atoms with van der Waals surface area (Å²) in [4.78, 5) is 13.2. The molecule has 0 saturated carbocycles. The molecule has 136 valence electrons. The minimum atomic E-state index is -0.517. The molecular formula is C18H13F2N5OS. The maximum atomic E-state index is 14.2. The molecule has 0 radical (unpaired) electrons. The molecule has 2 aromatic carbocycles. The van der Waals surface area contributed by atoms with Gasteiger partial charge in [0.2, 0.25) is 0 Å². The molecule has 0 aliphatic rings. The molecule has 2 heterocycles. The Morgan fingerprint density at radius 1 is 1.15 bits per heavy atom. The summed E-state index contributed by atoms with van der Waals surface area (Å²) in [5, 5.41) is 14.4. The molecular weight excluding hydrogens is 372 g/mol. The largest absolute Gasteiger partial charge is 0.321 e. The number of carbonyl (C=O) groups is 1. The molecule has 0 fully saturated rings. The maximum absolute atomic E-state index is 14.2. The number of amides is 1. The van der Waals surface area contributed by atoms with E-state index in [1.54, 1.807) is 19.9 Å². The summed E-state index contributed by atoms with van der Waals surface area (Å²) in [6.07, 6.45) is 0. The number of fused-ring (bicyclic) bond motifs is 1. The molecule has 27 heavy (non-hydrogen) atoms. The first kappa shape index (κ1) is 17.2. The molecule has 1 N–H and O–H groups in total. The number of hydrogen-bond donors (Lipinski definition) is 1. The first-order chi connectivity index (χ1) is 12.9. The van der Waals surface area contributed by atoms with Gasteiger partial charge in [0.25, 0.3) is 5.91 Å². The first-order valence-electron chi connectivity index (χ1n) is 7.99. The van der Waals surface area contributed by atoms with Crippen LogP contribution in [0.1, 0.15) is 21.1 Å². The molecule has 0 aliphatic heterocycles. The molecule has 1 amide bonds. The number of aryl methyl sites for hydroxylation is 2. The lowest BCUT2D eigenvalue weighted by Crippen LogP contribution is -2.12. The fraction of sp³-hybridized carbons (Fsp3) is 0.111. The predicted molar refractivity (Wildman–Crippen MR) is 98.3 cm³/mol. The van der Waals surface area contributed by atoms with Crippen LogP contribution in [0.25, 0.3) is 15.8 Å². The van der Waals surface area contributed by atoms with E-state index in [-0.39, 0.29) is 17.4 Å². The van der Waals surface area contributed by atoms with Crippen molar-refractivity contribution in [3.8, 4) is 5.69 Å². The topological polar surface area (TPSA) is 72.7 Å². The Kier molecular flexibility index (Phi) is 4.15. The SMILES string of the molecule is Cc1c(C(=O)Nc2ccc(F)c(-n3nnnc3C)c2)sc2ccc(F)cc12. The summed E-state index contributed by atoms with van der Waals surface area (Å²) in [5.74, 6) is -0.799. The number of carbonyl (C=O) groups excluding carboxylic acids is 1. The number of thiophene rings is 1. The minimum absolute atomic E-state index is 0.130. The van der Waals surface area contributed by atoms with Gasteiger partial charge in [-0.1, -0.05) is 0 Å². The summed E-state index contributed by atoms with van der Waals surface area (Å²) in [5.41, 5.74) is 1.23. The fourth-order valence-electron chi connectivity index (χ4n) is 2.80. The molecule has 0 bridgehead atoms. The number of halogens is 2. The van der Waals surface area contributed by atoms with Gasteiger partial charge in [-0.2, -0.15) is 4.68 Å². The predicted octanol–water partition coefficient (Wildman–Crippen LogP) is 4.02. The maximum Gasteiger partial charge on any atom is 0.266 e. The van der Waals surface area contributed by atoms with Gasteiger partial charge in [0, 0.05) is 10.4 Å². The Morgan fingerprint density at radius 3 is 2.70 bits per heavy atom. The average Bonchev–Trinajstić information content (AvgIpc) is 3.20. The van der Waals surface area contributed by atoms with Crippen LogP contribution in [0.5, 0.6) is 0 Å². The van der Waals surface area contributed by atoms with Crippen molar-refractivity contribution >= 4 is 33.0 Å². The Labute approximate surface area is 156 Å². The van der Waals surface area contributed by atoms with Crippen molar-refractivity contribution in [3.63, 3.8) is 0 Å². The van der Waals surface area contributed by atoms with Crippen molar-refractivity contribution in [1.29, 1.82) is 0 Å². The summed E-state index contributed by atoms with van der Waals surface area (Å²) >= 11 is 1.28. The first-order valence-corrected chi connectivity index (χ1v) is 8.80. The van der Waals surface area contributed by atoms with Crippen molar-refractivity contribution in [1.82, 2.24) is 20.2 Å². The van der Waals surface area contributed by atoms with E-state index in [1.165, 1.54) is 46.4 Å². The van der Waals surface area contributed by atoms with Gasteiger partial charge in [-0.25, -0.2) is 8.78 Å². The number of hydrogen-bond acceptors (Lipinski definition) is 5.